The van der Waals surface area contributed by atoms with E-state index >= 15 is 0 Å². The van der Waals surface area contributed by atoms with Crippen molar-refractivity contribution >= 4 is 21.6 Å². The van der Waals surface area contributed by atoms with E-state index in [9.17, 15) is 13.2 Å². The zero-order chi connectivity index (χ0) is 19.4. The van der Waals surface area contributed by atoms with E-state index in [4.69, 9.17) is 0 Å². The van der Waals surface area contributed by atoms with Gasteiger partial charge < -0.3 is 5.32 Å². The third-order valence-electron chi connectivity index (χ3n) is 5.08. The Morgan fingerprint density at radius 1 is 1.11 bits per heavy atom. The van der Waals surface area contributed by atoms with Crippen molar-refractivity contribution in [1.82, 2.24) is 5.32 Å². The fourth-order valence-electron chi connectivity index (χ4n) is 3.62. The van der Waals surface area contributed by atoms with Crippen LogP contribution < -0.4 is 9.62 Å². The van der Waals surface area contributed by atoms with Gasteiger partial charge in [0.05, 0.1) is 17.5 Å². The first-order valence-corrected chi connectivity index (χ1v) is 11.1. The zero-order valence-electron chi connectivity index (χ0n) is 15.8. The minimum Gasteiger partial charge on any atom is -0.345 e. The Hall–Kier alpha value is -2.34. The highest BCUT2D eigenvalue weighted by molar-refractivity contribution is 7.92. The SMILES string of the molecule is CCN(c1ccc(C(=O)NC2CCCc3ccccc32)cc1)S(=O)(=O)CC. The molecule has 0 aliphatic heterocycles. The van der Waals surface area contributed by atoms with Crippen LogP contribution in [-0.2, 0) is 16.4 Å². The number of rotatable bonds is 6. The van der Waals surface area contributed by atoms with Crippen LogP contribution in [0.4, 0.5) is 5.69 Å². The Morgan fingerprint density at radius 3 is 2.48 bits per heavy atom. The maximum absolute atomic E-state index is 12.7. The topological polar surface area (TPSA) is 66.5 Å². The summed E-state index contributed by atoms with van der Waals surface area (Å²) in [5, 5.41) is 3.12. The second-order valence-corrected chi connectivity index (χ2v) is 8.91. The Bertz CT molecular complexity index is 907. The number of hydrogen-bond acceptors (Lipinski definition) is 3. The largest absolute Gasteiger partial charge is 0.345 e. The lowest BCUT2D eigenvalue weighted by Crippen LogP contribution is -2.32. The molecular formula is C21H26N2O3S. The summed E-state index contributed by atoms with van der Waals surface area (Å²) in [7, 11) is -3.32. The summed E-state index contributed by atoms with van der Waals surface area (Å²) >= 11 is 0. The summed E-state index contributed by atoms with van der Waals surface area (Å²) < 4.78 is 25.7. The van der Waals surface area contributed by atoms with Crippen molar-refractivity contribution in [2.45, 2.75) is 39.2 Å². The summed E-state index contributed by atoms with van der Waals surface area (Å²) in [6, 6.07) is 15.0. The van der Waals surface area contributed by atoms with Crippen molar-refractivity contribution in [3.05, 3.63) is 65.2 Å². The number of fused-ring (bicyclic) bond motifs is 1. The molecule has 2 aromatic rings. The lowest BCUT2D eigenvalue weighted by molar-refractivity contribution is 0.0933. The number of carbonyl (C=O) groups is 1. The van der Waals surface area contributed by atoms with Crippen LogP contribution in [0.15, 0.2) is 48.5 Å². The van der Waals surface area contributed by atoms with Gasteiger partial charge in [0.15, 0.2) is 0 Å². The molecular weight excluding hydrogens is 360 g/mol. The Balaban J connectivity index is 1.75. The number of nitrogens with one attached hydrogen (secondary N) is 1. The summed E-state index contributed by atoms with van der Waals surface area (Å²) in [5.41, 5.74) is 3.61. The fourth-order valence-corrected chi connectivity index (χ4v) is 4.77. The van der Waals surface area contributed by atoms with Gasteiger partial charge in [-0.3, -0.25) is 9.10 Å². The number of sulfonamides is 1. The molecule has 0 bridgehead atoms. The number of hydrogen-bond donors (Lipinski definition) is 1. The standard InChI is InChI=1S/C21H26N2O3S/c1-3-23(27(25,26)4-2)18-14-12-17(13-15-18)21(24)22-20-11-7-9-16-8-5-6-10-19(16)20/h5-6,8,10,12-15,20H,3-4,7,9,11H2,1-2H3,(H,22,24). The highest BCUT2D eigenvalue weighted by Gasteiger charge is 2.22. The van der Waals surface area contributed by atoms with E-state index in [2.05, 4.69) is 17.4 Å². The first-order valence-electron chi connectivity index (χ1n) is 9.45. The quantitative estimate of drug-likeness (QED) is 0.824. The summed E-state index contributed by atoms with van der Waals surface area (Å²) in [4.78, 5) is 12.7. The third kappa shape index (κ3) is 4.16. The van der Waals surface area contributed by atoms with Gasteiger partial charge in [-0.05, 0) is 68.5 Å². The fraction of sp³-hybridized carbons (Fsp3) is 0.381. The van der Waals surface area contributed by atoms with Crippen LogP contribution in [0.2, 0.25) is 0 Å². The van der Waals surface area contributed by atoms with Gasteiger partial charge in [-0.25, -0.2) is 8.42 Å². The number of amides is 1. The molecule has 1 atom stereocenters. The van der Waals surface area contributed by atoms with E-state index in [0.29, 0.717) is 17.8 Å². The Labute approximate surface area is 161 Å². The molecule has 2 aromatic carbocycles. The van der Waals surface area contributed by atoms with Crippen LogP contribution in [0.1, 0.15) is 54.2 Å². The van der Waals surface area contributed by atoms with Gasteiger partial charge in [0, 0.05) is 12.1 Å². The number of benzene rings is 2. The van der Waals surface area contributed by atoms with Crippen molar-refractivity contribution < 1.29 is 13.2 Å². The van der Waals surface area contributed by atoms with E-state index < -0.39 is 10.0 Å². The van der Waals surface area contributed by atoms with E-state index in [1.165, 1.54) is 15.4 Å². The molecule has 5 nitrogen and oxygen atoms in total. The van der Waals surface area contributed by atoms with Crippen LogP contribution in [-0.4, -0.2) is 26.6 Å². The molecule has 0 spiro atoms. The zero-order valence-corrected chi connectivity index (χ0v) is 16.6. The van der Waals surface area contributed by atoms with Gasteiger partial charge in [0.25, 0.3) is 5.91 Å². The number of anilines is 1. The molecule has 0 saturated carbocycles. The lowest BCUT2D eigenvalue weighted by Gasteiger charge is -2.26. The van der Waals surface area contributed by atoms with Gasteiger partial charge >= 0.3 is 0 Å². The molecule has 1 aliphatic carbocycles. The number of carbonyl (C=O) groups excluding carboxylic acids is 1. The van der Waals surface area contributed by atoms with E-state index in [1.807, 2.05) is 12.1 Å². The van der Waals surface area contributed by atoms with Crippen LogP contribution in [0.5, 0.6) is 0 Å². The molecule has 1 N–H and O–H groups in total. The average Bonchev–Trinajstić information content (AvgIpc) is 2.69. The van der Waals surface area contributed by atoms with Crippen molar-refractivity contribution in [3.63, 3.8) is 0 Å². The minimum atomic E-state index is -3.32. The summed E-state index contributed by atoms with van der Waals surface area (Å²) in [5.74, 6) is -0.0888. The summed E-state index contributed by atoms with van der Waals surface area (Å²) in [6.45, 7) is 3.79. The second kappa shape index (κ2) is 8.13. The minimum absolute atomic E-state index is 0.0229. The maximum atomic E-state index is 12.7. The maximum Gasteiger partial charge on any atom is 0.251 e. The molecule has 0 radical (unpaired) electrons. The predicted molar refractivity (Wildman–Crippen MR) is 109 cm³/mol. The van der Waals surface area contributed by atoms with Crippen molar-refractivity contribution in [1.29, 1.82) is 0 Å². The number of aryl methyl sites for hydroxylation is 1. The third-order valence-corrected chi connectivity index (χ3v) is 6.95. The van der Waals surface area contributed by atoms with E-state index in [0.717, 1.165) is 19.3 Å². The highest BCUT2D eigenvalue weighted by atomic mass is 32.2. The van der Waals surface area contributed by atoms with Gasteiger partial charge in [0.1, 0.15) is 0 Å². The first kappa shape index (κ1) is 19.4. The molecule has 27 heavy (non-hydrogen) atoms. The molecule has 0 fully saturated rings. The van der Waals surface area contributed by atoms with Crippen molar-refractivity contribution in [3.8, 4) is 0 Å². The normalized spacial score (nSPS) is 16.4. The lowest BCUT2D eigenvalue weighted by atomic mass is 9.87. The van der Waals surface area contributed by atoms with Crippen LogP contribution in [0.25, 0.3) is 0 Å². The molecule has 0 heterocycles. The van der Waals surface area contributed by atoms with Crippen molar-refractivity contribution in [2.24, 2.45) is 0 Å². The van der Waals surface area contributed by atoms with Gasteiger partial charge in [-0.2, -0.15) is 0 Å². The first-order chi connectivity index (χ1) is 13.0. The molecule has 3 rings (SSSR count). The molecule has 0 saturated heterocycles. The smallest absolute Gasteiger partial charge is 0.251 e. The highest BCUT2D eigenvalue weighted by Crippen LogP contribution is 2.29. The van der Waals surface area contributed by atoms with Crippen LogP contribution in [0, 0.1) is 0 Å². The monoisotopic (exact) mass is 386 g/mol. The molecule has 144 valence electrons. The Morgan fingerprint density at radius 2 is 1.81 bits per heavy atom. The molecule has 1 unspecified atom stereocenters. The van der Waals surface area contributed by atoms with Gasteiger partial charge in [0.2, 0.25) is 10.0 Å². The number of nitrogens with zero attached hydrogens (tertiary/aromatic N) is 1. The van der Waals surface area contributed by atoms with Gasteiger partial charge in [-0.15, -0.1) is 0 Å². The summed E-state index contributed by atoms with van der Waals surface area (Å²) in [6.07, 6.45) is 3.04. The predicted octanol–water partition coefficient (Wildman–Crippen LogP) is 3.67. The van der Waals surface area contributed by atoms with Crippen LogP contribution in [0.3, 0.4) is 0 Å². The van der Waals surface area contributed by atoms with Crippen LogP contribution >= 0.6 is 0 Å². The molecule has 1 aliphatic rings. The average molecular weight is 387 g/mol. The van der Waals surface area contributed by atoms with E-state index in [-0.39, 0.29) is 17.7 Å². The second-order valence-electron chi connectivity index (χ2n) is 6.73. The van der Waals surface area contributed by atoms with E-state index in [1.54, 1.807) is 38.1 Å². The van der Waals surface area contributed by atoms with Gasteiger partial charge in [-0.1, -0.05) is 24.3 Å². The molecule has 6 heteroatoms. The molecule has 1 amide bonds. The Kier molecular flexibility index (Phi) is 5.85. The molecule has 0 aromatic heterocycles. The van der Waals surface area contributed by atoms with Crippen molar-refractivity contribution in [2.75, 3.05) is 16.6 Å².